The molecule has 0 aliphatic carbocycles. The van der Waals surface area contributed by atoms with Crippen molar-refractivity contribution in [3.8, 4) is 0 Å². The first kappa shape index (κ1) is 11.0. The van der Waals surface area contributed by atoms with Gasteiger partial charge in [-0.25, -0.2) is 0 Å². The third kappa shape index (κ3) is 3.75. The van der Waals surface area contributed by atoms with Crippen LogP contribution in [0.4, 0.5) is 0 Å². The van der Waals surface area contributed by atoms with Crippen molar-refractivity contribution in [2.24, 2.45) is 5.73 Å². The monoisotopic (exact) mass is 189 g/mol. The van der Waals surface area contributed by atoms with Crippen molar-refractivity contribution in [1.82, 2.24) is 0 Å². The summed E-state index contributed by atoms with van der Waals surface area (Å²) in [6, 6.07) is 8.91. The molecule has 0 spiro atoms. The zero-order valence-corrected chi connectivity index (χ0v) is 8.87. The molecule has 1 atom stereocenters. The molecular weight excluding hydrogens is 170 g/mol. The van der Waals surface area contributed by atoms with Gasteiger partial charge >= 0.3 is 0 Å². The lowest BCUT2D eigenvalue weighted by Crippen LogP contribution is -2.19. The van der Waals surface area contributed by atoms with Gasteiger partial charge in [0.25, 0.3) is 0 Å². The van der Waals surface area contributed by atoms with Gasteiger partial charge in [-0.15, -0.1) is 6.58 Å². The molecule has 1 nitrogen and oxygen atoms in total. The van der Waals surface area contributed by atoms with Crippen molar-refractivity contribution >= 4 is 0 Å². The van der Waals surface area contributed by atoms with Crippen LogP contribution in [0.5, 0.6) is 0 Å². The quantitative estimate of drug-likeness (QED) is 0.708. The summed E-state index contributed by atoms with van der Waals surface area (Å²) < 4.78 is 0. The molecule has 0 aliphatic heterocycles. The van der Waals surface area contributed by atoms with Crippen LogP contribution in [0.3, 0.4) is 0 Å². The fourth-order valence-corrected chi connectivity index (χ4v) is 1.44. The normalized spacial score (nSPS) is 12.4. The maximum absolute atomic E-state index is 5.89. The summed E-state index contributed by atoms with van der Waals surface area (Å²) in [5, 5.41) is 0. The number of aryl methyl sites for hydroxylation is 2. The summed E-state index contributed by atoms with van der Waals surface area (Å²) in [7, 11) is 0. The highest BCUT2D eigenvalue weighted by atomic mass is 14.6. The molecule has 76 valence electrons. The standard InChI is InChI=1S/C13H19N/c1-3-4-13(14)10-9-12-7-5-11(2)6-8-12/h3,5-8,13H,1,4,9-10,14H2,2H3. The lowest BCUT2D eigenvalue weighted by atomic mass is 10.0. The van der Waals surface area contributed by atoms with Crippen LogP contribution in [0.15, 0.2) is 36.9 Å². The Kier molecular flexibility index (Phi) is 4.41. The first-order valence-electron chi connectivity index (χ1n) is 5.14. The zero-order valence-electron chi connectivity index (χ0n) is 8.87. The van der Waals surface area contributed by atoms with Gasteiger partial charge in [0.1, 0.15) is 0 Å². The molecule has 1 rings (SSSR count). The van der Waals surface area contributed by atoms with Gasteiger partial charge in [-0.05, 0) is 31.7 Å². The van der Waals surface area contributed by atoms with Crippen molar-refractivity contribution in [1.29, 1.82) is 0 Å². The van der Waals surface area contributed by atoms with Crippen LogP contribution < -0.4 is 5.73 Å². The second kappa shape index (κ2) is 5.61. The number of hydrogen-bond donors (Lipinski definition) is 1. The topological polar surface area (TPSA) is 26.0 Å². The van der Waals surface area contributed by atoms with E-state index in [1.54, 1.807) is 0 Å². The largest absolute Gasteiger partial charge is 0.327 e. The number of benzene rings is 1. The van der Waals surface area contributed by atoms with Gasteiger partial charge < -0.3 is 5.73 Å². The fraction of sp³-hybridized carbons (Fsp3) is 0.385. The molecule has 14 heavy (non-hydrogen) atoms. The van der Waals surface area contributed by atoms with Crippen molar-refractivity contribution < 1.29 is 0 Å². The molecule has 0 radical (unpaired) electrons. The smallest absolute Gasteiger partial charge is 0.00764 e. The minimum atomic E-state index is 0.258. The SMILES string of the molecule is C=CCC(N)CCc1ccc(C)cc1. The number of rotatable bonds is 5. The third-order valence-electron chi connectivity index (χ3n) is 2.39. The molecule has 0 bridgehead atoms. The molecule has 0 heterocycles. The van der Waals surface area contributed by atoms with E-state index in [4.69, 9.17) is 5.73 Å². The summed E-state index contributed by atoms with van der Waals surface area (Å²) in [5.74, 6) is 0. The average Bonchev–Trinajstić information content (AvgIpc) is 2.17. The van der Waals surface area contributed by atoms with Gasteiger partial charge in [-0.3, -0.25) is 0 Å². The minimum absolute atomic E-state index is 0.258. The highest BCUT2D eigenvalue weighted by Crippen LogP contribution is 2.07. The van der Waals surface area contributed by atoms with Gasteiger partial charge in [-0.1, -0.05) is 35.9 Å². The zero-order chi connectivity index (χ0) is 10.4. The Bertz CT molecular complexity index is 274. The molecule has 1 unspecified atom stereocenters. The molecule has 1 aromatic carbocycles. The second-order valence-electron chi connectivity index (χ2n) is 3.81. The van der Waals surface area contributed by atoms with Crippen LogP contribution >= 0.6 is 0 Å². The van der Waals surface area contributed by atoms with E-state index in [1.165, 1.54) is 11.1 Å². The maximum Gasteiger partial charge on any atom is 0.00764 e. The van der Waals surface area contributed by atoms with Gasteiger partial charge in [-0.2, -0.15) is 0 Å². The van der Waals surface area contributed by atoms with E-state index in [0.717, 1.165) is 19.3 Å². The van der Waals surface area contributed by atoms with E-state index in [0.29, 0.717) is 0 Å². The Morgan fingerprint density at radius 1 is 1.36 bits per heavy atom. The number of nitrogens with two attached hydrogens (primary N) is 1. The Hall–Kier alpha value is -1.08. The van der Waals surface area contributed by atoms with E-state index < -0.39 is 0 Å². The molecule has 1 heteroatoms. The van der Waals surface area contributed by atoms with Crippen molar-refractivity contribution in [2.75, 3.05) is 0 Å². The molecule has 0 amide bonds. The van der Waals surface area contributed by atoms with Crippen LogP contribution in [0.2, 0.25) is 0 Å². The highest BCUT2D eigenvalue weighted by Gasteiger charge is 2.00. The van der Waals surface area contributed by atoms with Crippen LogP contribution in [-0.2, 0) is 6.42 Å². The van der Waals surface area contributed by atoms with E-state index in [-0.39, 0.29) is 6.04 Å². The van der Waals surface area contributed by atoms with Crippen LogP contribution in [-0.4, -0.2) is 6.04 Å². The first-order valence-corrected chi connectivity index (χ1v) is 5.14. The number of hydrogen-bond acceptors (Lipinski definition) is 1. The summed E-state index contributed by atoms with van der Waals surface area (Å²) in [6.45, 7) is 5.79. The van der Waals surface area contributed by atoms with Gasteiger partial charge in [0.2, 0.25) is 0 Å². The van der Waals surface area contributed by atoms with Crippen LogP contribution in [0, 0.1) is 6.92 Å². The average molecular weight is 189 g/mol. The van der Waals surface area contributed by atoms with E-state index >= 15 is 0 Å². The molecule has 0 aliphatic rings. The first-order chi connectivity index (χ1) is 6.72. The molecule has 0 saturated carbocycles. The molecule has 0 saturated heterocycles. The molecule has 2 N–H and O–H groups in total. The Morgan fingerprint density at radius 3 is 2.57 bits per heavy atom. The Labute approximate surface area is 86.6 Å². The fourth-order valence-electron chi connectivity index (χ4n) is 1.44. The third-order valence-corrected chi connectivity index (χ3v) is 2.39. The lowest BCUT2D eigenvalue weighted by molar-refractivity contribution is 0.621. The maximum atomic E-state index is 5.89. The highest BCUT2D eigenvalue weighted by molar-refractivity contribution is 5.21. The van der Waals surface area contributed by atoms with E-state index in [1.807, 2.05) is 6.08 Å². The van der Waals surface area contributed by atoms with Gasteiger partial charge in [0.15, 0.2) is 0 Å². The predicted molar refractivity (Wildman–Crippen MR) is 62.3 cm³/mol. The summed E-state index contributed by atoms with van der Waals surface area (Å²) in [6.07, 6.45) is 4.90. The molecule has 0 aromatic heterocycles. The second-order valence-corrected chi connectivity index (χ2v) is 3.81. The van der Waals surface area contributed by atoms with Crippen LogP contribution in [0.25, 0.3) is 0 Å². The lowest BCUT2D eigenvalue weighted by Gasteiger charge is -2.08. The summed E-state index contributed by atoms with van der Waals surface area (Å²) in [4.78, 5) is 0. The Morgan fingerprint density at radius 2 is 2.00 bits per heavy atom. The molecular formula is C13H19N. The molecule has 1 aromatic rings. The summed E-state index contributed by atoms with van der Waals surface area (Å²) >= 11 is 0. The predicted octanol–water partition coefficient (Wildman–Crippen LogP) is 2.83. The van der Waals surface area contributed by atoms with E-state index in [2.05, 4.69) is 37.8 Å². The molecule has 0 fully saturated rings. The van der Waals surface area contributed by atoms with Crippen molar-refractivity contribution in [2.45, 2.75) is 32.2 Å². The van der Waals surface area contributed by atoms with E-state index in [9.17, 15) is 0 Å². The van der Waals surface area contributed by atoms with Crippen LogP contribution in [0.1, 0.15) is 24.0 Å². The van der Waals surface area contributed by atoms with Crippen molar-refractivity contribution in [3.05, 3.63) is 48.0 Å². The van der Waals surface area contributed by atoms with Crippen molar-refractivity contribution in [3.63, 3.8) is 0 Å². The summed E-state index contributed by atoms with van der Waals surface area (Å²) in [5.41, 5.74) is 8.57. The minimum Gasteiger partial charge on any atom is -0.327 e. The van der Waals surface area contributed by atoms with Gasteiger partial charge in [0, 0.05) is 6.04 Å². The Balaban J connectivity index is 2.37. The van der Waals surface area contributed by atoms with Gasteiger partial charge in [0.05, 0.1) is 0 Å².